The topological polar surface area (TPSA) is 47.6 Å². The molecule has 0 atom stereocenters. The second-order valence-electron chi connectivity index (χ2n) is 0.816. The van der Waals surface area contributed by atoms with Crippen LogP contribution < -0.4 is 0 Å². The van der Waals surface area contributed by atoms with Crippen LogP contribution in [0.4, 0.5) is 0 Å². The maximum Gasteiger partial charge on any atom is 0.0632 e. The molecule has 0 spiro atoms. The fourth-order valence-corrected chi connectivity index (χ4v) is 0.112. The Hall–Kier alpha value is -0.423. The van der Waals surface area contributed by atoms with E-state index in [1.807, 2.05) is 12.1 Å². The summed E-state index contributed by atoms with van der Waals surface area (Å²) in [5.41, 5.74) is 0. The summed E-state index contributed by atoms with van der Waals surface area (Å²) in [5, 5.41) is 15.6. The maximum atomic E-state index is 7.80. The summed E-state index contributed by atoms with van der Waals surface area (Å²) in [6, 6.07) is 3.69. The van der Waals surface area contributed by atoms with Crippen LogP contribution in [-0.2, 0) is 0 Å². The van der Waals surface area contributed by atoms with E-state index < -0.39 is 0 Å². The van der Waals surface area contributed by atoms with Gasteiger partial charge in [-0.1, -0.05) is 0 Å². The fraction of sp³-hybridized carbons (Fsp3) is 0.500. The molecule has 0 saturated carbocycles. The zero-order chi connectivity index (χ0) is 4.83. The summed E-state index contributed by atoms with van der Waals surface area (Å²) in [6.45, 7) is 0. The molecule has 0 heterocycles. The molecule has 0 rings (SSSR count). The van der Waals surface area contributed by atoms with Gasteiger partial charge in [0.1, 0.15) is 0 Å². The summed E-state index contributed by atoms with van der Waals surface area (Å²) in [6.07, 6.45) is 0.715. The Morgan fingerprint density at radius 1 is 1.00 bits per heavy atom. The van der Waals surface area contributed by atoms with Gasteiger partial charge in [-0.15, -0.1) is 0 Å². The molecule has 0 aliphatic heterocycles. The Bertz CT molecular complexity index is 83.2. The van der Waals surface area contributed by atoms with Crippen LogP contribution in [0.15, 0.2) is 0 Å². The van der Waals surface area contributed by atoms with Crippen LogP contribution in [0.3, 0.4) is 0 Å². The second-order valence-corrected chi connectivity index (χ2v) is 0.816. The van der Waals surface area contributed by atoms with Crippen molar-refractivity contribution in [1.82, 2.24) is 0 Å². The number of hydrogen-bond acceptors (Lipinski definition) is 2. The molecule has 0 unspecified atom stereocenters. The second kappa shape index (κ2) is 9.13. The maximum absolute atomic E-state index is 7.80. The van der Waals surface area contributed by atoms with Crippen LogP contribution in [0.25, 0.3) is 0 Å². The van der Waals surface area contributed by atoms with E-state index in [2.05, 4.69) is 0 Å². The first-order valence-electron chi connectivity index (χ1n) is 1.65. The molecule has 0 fully saturated rings. The predicted octanol–water partition coefficient (Wildman–Crippen LogP) is 0.433. The van der Waals surface area contributed by atoms with Crippen LogP contribution in [0.5, 0.6) is 0 Å². The zero-order valence-corrected chi connectivity index (χ0v) is 4.31. The normalized spacial score (nSPS) is 4.86. The third-order valence-corrected chi connectivity index (χ3v) is 0.349. The van der Waals surface area contributed by atoms with Gasteiger partial charge in [-0.25, -0.2) is 0 Å². The first-order valence-corrected chi connectivity index (χ1v) is 1.65. The summed E-state index contributed by atoms with van der Waals surface area (Å²) < 4.78 is 0. The van der Waals surface area contributed by atoms with Crippen LogP contribution in [-0.4, -0.2) is 18.9 Å². The van der Waals surface area contributed by atoms with Crippen molar-refractivity contribution in [2.75, 3.05) is 0 Å². The Morgan fingerprint density at radius 3 is 1.43 bits per heavy atom. The zero-order valence-electron chi connectivity index (χ0n) is 4.31. The minimum Gasteiger partial charge on any atom is -0.198 e. The average Bonchev–Trinajstić information content (AvgIpc) is 1.61. The molecule has 0 aromatic heterocycles. The Labute approximate surface area is 54.9 Å². The van der Waals surface area contributed by atoms with Gasteiger partial charge in [0.15, 0.2) is 0 Å². The van der Waals surface area contributed by atoms with Gasteiger partial charge in [0.2, 0.25) is 0 Å². The first-order chi connectivity index (χ1) is 2.91. The van der Waals surface area contributed by atoms with Crippen LogP contribution in [0.2, 0.25) is 0 Å². The molecular formula is C4H4LiN2. The minimum atomic E-state index is 0. The first kappa shape index (κ1) is 9.77. The van der Waals surface area contributed by atoms with Gasteiger partial charge < -0.3 is 0 Å². The van der Waals surface area contributed by atoms with E-state index in [0.717, 1.165) is 0 Å². The van der Waals surface area contributed by atoms with Crippen molar-refractivity contribution in [2.24, 2.45) is 0 Å². The summed E-state index contributed by atoms with van der Waals surface area (Å²) >= 11 is 0. The van der Waals surface area contributed by atoms with E-state index in [-0.39, 0.29) is 18.9 Å². The molecule has 7 heavy (non-hydrogen) atoms. The van der Waals surface area contributed by atoms with Crippen molar-refractivity contribution in [2.45, 2.75) is 12.8 Å². The number of rotatable bonds is 1. The van der Waals surface area contributed by atoms with E-state index in [0.29, 0.717) is 12.8 Å². The van der Waals surface area contributed by atoms with Gasteiger partial charge in [-0.3, -0.25) is 0 Å². The molecule has 1 radical (unpaired) electrons. The van der Waals surface area contributed by atoms with Gasteiger partial charge in [0.05, 0.1) is 12.1 Å². The van der Waals surface area contributed by atoms with Crippen molar-refractivity contribution < 1.29 is 0 Å². The SMILES string of the molecule is N#CCCC#N.[Li]. The summed E-state index contributed by atoms with van der Waals surface area (Å²) in [4.78, 5) is 0. The van der Waals surface area contributed by atoms with Crippen molar-refractivity contribution in [3.05, 3.63) is 0 Å². The van der Waals surface area contributed by atoms with Crippen LogP contribution in [0.1, 0.15) is 12.8 Å². The van der Waals surface area contributed by atoms with E-state index >= 15 is 0 Å². The molecule has 2 nitrogen and oxygen atoms in total. The molecule has 0 N–H and O–H groups in total. The summed E-state index contributed by atoms with van der Waals surface area (Å²) in [7, 11) is 0. The molecule has 0 amide bonds. The third kappa shape index (κ3) is 10.7. The predicted molar refractivity (Wildman–Crippen MR) is 26.2 cm³/mol. The average molecular weight is 87.0 g/mol. The molecule has 0 bridgehead atoms. The standard InChI is InChI=1S/C4H4N2.Li/c5-3-1-2-4-6;/h1-2H2;. The van der Waals surface area contributed by atoms with Crippen molar-refractivity contribution in [1.29, 1.82) is 10.5 Å². The van der Waals surface area contributed by atoms with Crippen molar-refractivity contribution >= 4 is 18.9 Å². The fourth-order valence-electron chi connectivity index (χ4n) is 0.112. The van der Waals surface area contributed by atoms with Crippen molar-refractivity contribution in [3.8, 4) is 12.1 Å². The van der Waals surface area contributed by atoms with Gasteiger partial charge >= 0.3 is 0 Å². The number of hydrogen-bond donors (Lipinski definition) is 0. The number of unbranched alkanes of at least 4 members (excludes halogenated alkanes) is 1. The number of nitrogens with zero attached hydrogens (tertiary/aromatic N) is 2. The molecule has 3 heteroatoms. The summed E-state index contributed by atoms with van der Waals surface area (Å²) in [5.74, 6) is 0. The van der Waals surface area contributed by atoms with E-state index in [9.17, 15) is 0 Å². The molecule has 0 aromatic carbocycles. The van der Waals surface area contributed by atoms with Gasteiger partial charge in [0.25, 0.3) is 0 Å². The minimum absolute atomic E-state index is 0. The molecular weight excluding hydrogens is 83.0 g/mol. The van der Waals surface area contributed by atoms with E-state index in [4.69, 9.17) is 10.5 Å². The monoisotopic (exact) mass is 87.1 g/mol. The Kier molecular flexibility index (Phi) is 12.7. The third-order valence-electron chi connectivity index (χ3n) is 0.349. The van der Waals surface area contributed by atoms with Gasteiger partial charge in [-0.2, -0.15) is 10.5 Å². The molecule has 0 aromatic rings. The van der Waals surface area contributed by atoms with Gasteiger partial charge in [-0.05, 0) is 0 Å². The van der Waals surface area contributed by atoms with Crippen LogP contribution in [0, 0.1) is 22.7 Å². The Morgan fingerprint density at radius 2 is 1.29 bits per heavy atom. The van der Waals surface area contributed by atoms with Crippen LogP contribution >= 0.6 is 0 Å². The molecule has 31 valence electrons. The number of nitriles is 2. The molecule has 0 saturated heterocycles. The Balaban J connectivity index is 0. The van der Waals surface area contributed by atoms with Crippen molar-refractivity contribution in [3.63, 3.8) is 0 Å². The quantitative estimate of drug-likeness (QED) is 0.344. The molecule has 0 aliphatic carbocycles. The van der Waals surface area contributed by atoms with E-state index in [1.165, 1.54) is 0 Å². The molecule has 0 aliphatic rings. The van der Waals surface area contributed by atoms with E-state index in [1.54, 1.807) is 0 Å². The largest absolute Gasteiger partial charge is 0.198 e. The smallest absolute Gasteiger partial charge is 0.0632 e. The van der Waals surface area contributed by atoms with Gasteiger partial charge in [0, 0.05) is 31.7 Å².